The van der Waals surface area contributed by atoms with Crippen LogP contribution in [0.3, 0.4) is 0 Å². The molecule has 0 bridgehead atoms. The molecular weight excluding hydrogens is 206 g/mol. The minimum absolute atomic E-state index is 0.0548. The second kappa shape index (κ2) is 4.23. The Morgan fingerprint density at radius 2 is 2.33 bits per heavy atom. The highest BCUT2D eigenvalue weighted by atomic mass is 32.1. The number of rotatable bonds is 3. The molecule has 0 fully saturated rings. The molecule has 0 aliphatic rings. The fourth-order valence-electron chi connectivity index (χ4n) is 1.48. The van der Waals surface area contributed by atoms with Gasteiger partial charge in [0.25, 0.3) is 0 Å². The smallest absolute Gasteiger partial charge is 0.174 e. The molecule has 1 atom stereocenters. The van der Waals surface area contributed by atoms with Gasteiger partial charge in [0, 0.05) is 18.1 Å². The lowest BCUT2D eigenvalue weighted by Crippen LogP contribution is -1.99. The molecule has 2 rings (SSSR count). The van der Waals surface area contributed by atoms with Crippen molar-refractivity contribution in [3.8, 4) is 0 Å². The fraction of sp³-hybridized carbons (Fsp3) is 0.0909. The summed E-state index contributed by atoms with van der Waals surface area (Å²) in [5, 5.41) is 0. The first-order valence-corrected chi connectivity index (χ1v) is 5.03. The van der Waals surface area contributed by atoms with Gasteiger partial charge in [-0.15, -0.1) is 6.58 Å². The molecule has 0 aliphatic heterocycles. The van der Waals surface area contributed by atoms with Crippen LogP contribution in [-0.2, 0) is 0 Å². The maximum atomic E-state index is 4.98. The van der Waals surface area contributed by atoms with E-state index in [1.165, 1.54) is 0 Å². The number of H-pyrrole nitrogens is 2. The molecule has 2 aromatic rings. The number of hydrogen-bond donors (Lipinski definition) is 2. The zero-order valence-electron chi connectivity index (χ0n) is 8.10. The number of nitrogens with zero attached hydrogens (tertiary/aromatic N) is 1. The van der Waals surface area contributed by atoms with E-state index in [4.69, 9.17) is 12.2 Å². The van der Waals surface area contributed by atoms with Crippen molar-refractivity contribution in [2.45, 2.75) is 5.92 Å². The first kappa shape index (κ1) is 9.86. The van der Waals surface area contributed by atoms with Crippen LogP contribution in [0.4, 0.5) is 0 Å². The van der Waals surface area contributed by atoms with Crippen LogP contribution in [0.15, 0.2) is 43.2 Å². The number of pyridine rings is 1. The van der Waals surface area contributed by atoms with Gasteiger partial charge in [0.15, 0.2) is 4.77 Å². The molecule has 0 saturated carbocycles. The molecule has 15 heavy (non-hydrogen) atoms. The van der Waals surface area contributed by atoms with Gasteiger partial charge in [-0.25, -0.2) is 0 Å². The van der Waals surface area contributed by atoms with Gasteiger partial charge in [0.2, 0.25) is 0 Å². The Balaban J connectivity index is 2.41. The molecule has 76 valence electrons. The van der Waals surface area contributed by atoms with Crippen molar-refractivity contribution in [3.63, 3.8) is 0 Å². The van der Waals surface area contributed by atoms with Crippen LogP contribution in [0.25, 0.3) is 0 Å². The topological polar surface area (TPSA) is 44.5 Å². The highest BCUT2D eigenvalue weighted by molar-refractivity contribution is 7.71. The molecule has 4 heteroatoms. The van der Waals surface area contributed by atoms with Crippen molar-refractivity contribution < 1.29 is 0 Å². The average Bonchev–Trinajstić information content (AvgIpc) is 2.68. The lowest BCUT2D eigenvalue weighted by molar-refractivity contribution is 0.919. The number of nitrogens with one attached hydrogen (secondary N) is 2. The molecule has 2 aromatic heterocycles. The zero-order valence-corrected chi connectivity index (χ0v) is 8.92. The van der Waals surface area contributed by atoms with E-state index in [0.29, 0.717) is 4.77 Å². The molecule has 3 nitrogen and oxygen atoms in total. The first-order chi connectivity index (χ1) is 7.31. The van der Waals surface area contributed by atoms with E-state index in [9.17, 15) is 0 Å². The van der Waals surface area contributed by atoms with Crippen LogP contribution in [-0.4, -0.2) is 15.0 Å². The maximum Gasteiger partial charge on any atom is 0.174 e. The average molecular weight is 217 g/mol. The summed E-state index contributed by atoms with van der Waals surface area (Å²) < 4.78 is 0.618. The summed E-state index contributed by atoms with van der Waals surface area (Å²) in [6.45, 7) is 3.82. The molecule has 0 spiro atoms. The van der Waals surface area contributed by atoms with Crippen molar-refractivity contribution in [1.29, 1.82) is 0 Å². The molecule has 0 aliphatic carbocycles. The van der Waals surface area contributed by atoms with Crippen molar-refractivity contribution in [2.24, 2.45) is 0 Å². The number of allylic oxidation sites excluding steroid dienone is 1. The van der Waals surface area contributed by atoms with Crippen LogP contribution >= 0.6 is 12.2 Å². The minimum atomic E-state index is 0.0548. The Hall–Kier alpha value is -1.68. The molecule has 0 saturated heterocycles. The first-order valence-electron chi connectivity index (χ1n) is 4.62. The molecule has 0 radical (unpaired) electrons. The van der Waals surface area contributed by atoms with Crippen LogP contribution in [0.1, 0.15) is 17.3 Å². The Morgan fingerprint density at radius 1 is 1.47 bits per heavy atom. The SMILES string of the molecule is C=CC(c1ccccn1)c1c[nH]c(=S)[nH]1. The molecule has 2 N–H and O–H groups in total. The van der Waals surface area contributed by atoms with Crippen LogP contribution in [0.2, 0.25) is 0 Å². The quantitative estimate of drug-likeness (QED) is 0.613. The molecule has 2 heterocycles. The maximum absolute atomic E-state index is 4.98. The Kier molecular flexibility index (Phi) is 2.78. The molecule has 1 unspecified atom stereocenters. The van der Waals surface area contributed by atoms with Crippen molar-refractivity contribution in [3.05, 3.63) is 59.4 Å². The van der Waals surface area contributed by atoms with Gasteiger partial charge < -0.3 is 9.97 Å². The van der Waals surface area contributed by atoms with Gasteiger partial charge in [-0.2, -0.15) is 0 Å². The number of aromatic nitrogens is 3. The van der Waals surface area contributed by atoms with Gasteiger partial charge >= 0.3 is 0 Å². The van der Waals surface area contributed by atoms with Crippen molar-refractivity contribution in [1.82, 2.24) is 15.0 Å². The van der Waals surface area contributed by atoms with E-state index in [-0.39, 0.29) is 5.92 Å². The largest absolute Gasteiger partial charge is 0.337 e. The lowest BCUT2D eigenvalue weighted by atomic mass is 10.0. The van der Waals surface area contributed by atoms with E-state index in [1.54, 1.807) is 6.20 Å². The second-order valence-electron chi connectivity index (χ2n) is 3.17. The van der Waals surface area contributed by atoms with E-state index in [1.807, 2.05) is 30.5 Å². The van der Waals surface area contributed by atoms with Gasteiger partial charge in [-0.3, -0.25) is 4.98 Å². The molecule has 0 aromatic carbocycles. The highest BCUT2D eigenvalue weighted by Gasteiger charge is 2.12. The minimum Gasteiger partial charge on any atom is -0.337 e. The monoisotopic (exact) mass is 217 g/mol. The van der Waals surface area contributed by atoms with Crippen LogP contribution in [0.5, 0.6) is 0 Å². The lowest BCUT2D eigenvalue weighted by Gasteiger charge is -2.08. The van der Waals surface area contributed by atoms with Crippen molar-refractivity contribution >= 4 is 12.2 Å². The normalized spacial score (nSPS) is 12.3. The molecule has 0 amide bonds. The highest BCUT2D eigenvalue weighted by Crippen LogP contribution is 2.21. The van der Waals surface area contributed by atoms with E-state index < -0.39 is 0 Å². The van der Waals surface area contributed by atoms with Gasteiger partial charge in [-0.1, -0.05) is 12.1 Å². The standard InChI is InChI=1S/C11H11N3S/c1-2-8(9-5-3-4-6-12-9)10-7-13-11(15)14-10/h2-8H,1H2,(H2,13,14,15). The summed E-state index contributed by atoms with van der Waals surface area (Å²) in [6.07, 6.45) is 5.47. The Labute approximate surface area is 92.9 Å². The summed E-state index contributed by atoms with van der Waals surface area (Å²) in [7, 11) is 0. The van der Waals surface area contributed by atoms with Gasteiger partial charge in [-0.05, 0) is 24.4 Å². The number of aromatic amines is 2. The Bertz CT molecular complexity index is 498. The van der Waals surface area contributed by atoms with Crippen molar-refractivity contribution in [2.75, 3.05) is 0 Å². The summed E-state index contributed by atoms with van der Waals surface area (Å²) >= 11 is 4.98. The second-order valence-corrected chi connectivity index (χ2v) is 3.57. The fourth-order valence-corrected chi connectivity index (χ4v) is 1.66. The third-order valence-corrected chi connectivity index (χ3v) is 2.41. The van der Waals surface area contributed by atoms with Gasteiger partial charge in [0.1, 0.15) is 0 Å². The summed E-state index contributed by atoms with van der Waals surface area (Å²) in [6, 6.07) is 5.82. The summed E-state index contributed by atoms with van der Waals surface area (Å²) in [5.74, 6) is 0.0548. The van der Waals surface area contributed by atoms with Crippen LogP contribution < -0.4 is 0 Å². The summed E-state index contributed by atoms with van der Waals surface area (Å²) in [5.41, 5.74) is 1.94. The van der Waals surface area contributed by atoms with Gasteiger partial charge in [0.05, 0.1) is 11.6 Å². The zero-order chi connectivity index (χ0) is 10.7. The van der Waals surface area contributed by atoms with E-state index in [2.05, 4.69) is 21.5 Å². The van der Waals surface area contributed by atoms with E-state index >= 15 is 0 Å². The number of hydrogen-bond acceptors (Lipinski definition) is 2. The summed E-state index contributed by atoms with van der Waals surface area (Å²) in [4.78, 5) is 10.3. The molecular formula is C11H11N3S. The van der Waals surface area contributed by atoms with E-state index in [0.717, 1.165) is 11.4 Å². The van der Waals surface area contributed by atoms with Crippen LogP contribution in [0, 0.1) is 4.77 Å². The Morgan fingerprint density at radius 3 is 2.87 bits per heavy atom. The predicted octanol–water partition coefficient (Wildman–Crippen LogP) is 2.79. The third kappa shape index (κ3) is 2.05. The predicted molar refractivity (Wildman–Crippen MR) is 62.3 cm³/mol. The third-order valence-electron chi connectivity index (χ3n) is 2.19. The number of imidazole rings is 1.